The number of hydrogen-bond acceptors (Lipinski definition) is 5. The van der Waals surface area contributed by atoms with Crippen LogP contribution in [-0.4, -0.2) is 22.2 Å². The topological polar surface area (TPSA) is 77.8 Å². The molecule has 10 heteroatoms. The maximum absolute atomic E-state index is 14.5. The van der Waals surface area contributed by atoms with Crippen LogP contribution >= 0.6 is 0 Å². The molecule has 0 amide bonds. The summed E-state index contributed by atoms with van der Waals surface area (Å²) in [6.07, 6.45) is -5.40. The van der Waals surface area contributed by atoms with Crippen LogP contribution in [0.4, 0.5) is 17.6 Å². The first kappa shape index (κ1) is 20.7. The molecule has 1 atom stereocenters. The second-order valence-electron chi connectivity index (χ2n) is 6.86. The van der Waals surface area contributed by atoms with Gasteiger partial charge in [0.15, 0.2) is 5.56 Å². The second kappa shape index (κ2) is 7.29. The van der Waals surface area contributed by atoms with Gasteiger partial charge < -0.3 is 14.6 Å². The van der Waals surface area contributed by atoms with Crippen molar-refractivity contribution in [2.45, 2.75) is 25.7 Å². The van der Waals surface area contributed by atoms with Crippen LogP contribution in [0.2, 0.25) is 0 Å². The second-order valence-corrected chi connectivity index (χ2v) is 6.86. The molecular formula is C21H15F4NO5. The molecule has 1 aliphatic heterocycles. The zero-order chi connectivity index (χ0) is 22.5. The number of carbonyl (C=O) groups excluding carboxylic acids is 1. The summed E-state index contributed by atoms with van der Waals surface area (Å²) in [5, 5.41) is 10.1. The zero-order valence-electron chi connectivity index (χ0n) is 16.0. The van der Waals surface area contributed by atoms with Crippen molar-refractivity contribution in [2.24, 2.45) is 0 Å². The molecule has 2 heterocycles. The van der Waals surface area contributed by atoms with Crippen molar-refractivity contribution in [1.29, 1.82) is 0 Å². The van der Waals surface area contributed by atoms with Crippen LogP contribution in [-0.2, 0) is 17.5 Å². The number of ether oxygens (including phenoxy) is 2. The minimum Gasteiger partial charge on any atom is -0.506 e. The molecule has 4 rings (SSSR count). The van der Waals surface area contributed by atoms with Gasteiger partial charge in [-0.3, -0.25) is 9.36 Å². The van der Waals surface area contributed by atoms with Crippen molar-refractivity contribution < 1.29 is 36.9 Å². The Labute approximate surface area is 172 Å². The fourth-order valence-electron chi connectivity index (χ4n) is 3.58. The molecule has 3 aromatic rings. The molecule has 0 saturated carbocycles. The summed E-state index contributed by atoms with van der Waals surface area (Å²) in [7, 11) is 0. The van der Waals surface area contributed by atoms with Crippen molar-refractivity contribution in [3.8, 4) is 11.5 Å². The maximum Gasteiger partial charge on any atom is 0.416 e. The Morgan fingerprint density at radius 2 is 1.90 bits per heavy atom. The minimum absolute atomic E-state index is 0.0374. The minimum atomic E-state index is -4.51. The Hall–Kier alpha value is -3.56. The molecule has 1 unspecified atom stereocenters. The van der Waals surface area contributed by atoms with Crippen LogP contribution in [0, 0.1) is 5.82 Å². The SMILES string of the molecule is CCOC(=O)c1c(O)c2c(F)ccc3c2n(c1=O)CC(c1ccc(C(F)(F)F)cc1)O3. The van der Waals surface area contributed by atoms with E-state index in [-0.39, 0.29) is 29.8 Å². The monoisotopic (exact) mass is 437 g/mol. The number of nitrogens with zero attached hydrogens (tertiary/aromatic N) is 1. The van der Waals surface area contributed by atoms with Crippen molar-refractivity contribution in [3.05, 3.63) is 69.3 Å². The van der Waals surface area contributed by atoms with E-state index in [2.05, 4.69) is 0 Å². The van der Waals surface area contributed by atoms with Gasteiger partial charge >= 0.3 is 12.1 Å². The molecule has 1 aliphatic rings. The first-order chi connectivity index (χ1) is 14.6. The van der Waals surface area contributed by atoms with Gasteiger partial charge in [-0.15, -0.1) is 0 Å². The third-order valence-corrected chi connectivity index (χ3v) is 5.00. The van der Waals surface area contributed by atoms with E-state index in [9.17, 15) is 32.3 Å². The molecule has 0 spiro atoms. The van der Waals surface area contributed by atoms with Gasteiger partial charge in [-0.1, -0.05) is 12.1 Å². The average Bonchev–Trinajstić information content (AvgIpc) is 2.72. The molecule has 162 valence electrons. The van der Waals surface area contributed by atoms with Crippen molar-refractivity contribution in [1.82, 2.24) is 4.57 Å². The Balaban J connectivity index is 1.87. The fraction of sp³-hybridized carbons (Fsp3) is 0.238. The molecule has 0 aliphatic carbocycles. The van der Waals surface area contributed by atoms with Crippen LogP contribution < -0.4 is 10.3 Å². The number of alkyl halides is 3. The van der Waals surface area contributed by atoms with E-state index in [0.717, 1.165) is 22.8 Å². The molecule has 31 heavy (non-hydrogen) atoms. The highest BCUT2D eigenvalue weighted by atomic mass is 19.4. The molecule has 1 N–H and O–H groups in total. The summed E-state index contributed by atoms with van der Waals surface area (Å²) >= 11 is 0. The van der Waals surface area contributed by atoms with Gasteiger partial charge in [-0.2, -0.15) is 13.2 Å². The number of hydrogen-bond donors (Lipinski definition) is 1. The average molecular weight is 437 g/mol. The highest BCUT2D eigenvalue weighted by Gasteiger charge is 2.33. The van der Waals surface area contributed by atoms with Crippen LogP contribution in [0.5, 0.6) is 11.5 Å². The van der Waals surface area contributed by atoms with Gasteiger partial charge in [0, 0.05) is 0 Å². The lowest BCUT2D eigenvalue weighted by atomic mass is 10.0. The number of pyridine rings is 1. The molecule has 0 fully saturated rings. The Bertz CT molecular complexity index is 1250. The Morgan fingerprint density at radius 1 is 1.23 bits per heavy atom. The first-order valence-corrected chi connectivity index (χ1v) is 9.22. The predicted octanol–water partition coefficient (Wildman–Crippen LogP) is 4.18. The van der Waals surface area contributed by atoms with Crippen molar-refractivity contribution >= 4 is 16.9 Å². The lowest BCUT2D eigenvalue weighted by Gasteiger charge is -2.29. The predicted molar refractivity (Wildman–Crippen MR) is 101 cm³/mol. The molecule has 6 nitrogen and oxygen atoms in total. The standard InChI is InChI=1S/C21H15F4NO5/c1-2-30-20(29)16-18(27)15-12(22)7-8-13-17(15)26(19(16)28)9-14(31-13)10-3-5-11(6-4-10)21(23,24)25/h3-8,14,27H,2,9H2,1H3. The number of esters is 1. The third kappa shape index (κ3) is 3.37. The number of aromatic hydroxyl groups is 1. The highest BCUT2D eigenvalue weighted by Crippen LogP contribution is 2.40. The van der Waals surface area contributed by atoms with E-state index in [4.69, 9.17) is 9.47 Å². The normalized spacial score (nSPS) is 15.6. The summed E-state index contributed by atoms with van der Waals surface area (Å²) in [5.74, 6) is -2.81. The van der Waals surface area contributed by atoms with Gasteiger partial charge in [0.1, 0.15) is 28.9 Å². The van der Waals surface area contributed by atoms with Crippen molar-refractivity contribution in [3.63, 3.8) is 0 Å². The quantitative estimate of drug-likeness (QED) is 0.492. The van der Waals surface area contributed by atoms with Crippen LogP contribution in [0.3, 0.4) is 0 Å². The van der Waals surface area contributed by atoms with Gasteiger partial charge in [0.25, 0.3) is 5.56 Å². The van der Waals surface area contributed by atoms with Crippen LogP contribution in [0.25, 0.3) is 10.9 Å². The lowest BCUT2D eigenvalue weighted by Crippen LogP contribution is -2.33. The first-order valence-electron chi connectivity index (χ1n) is 9.22. The molecule has 0 saturated heterocycles. The summed E-state index contributed by atoms with van der Waals surface area (Å²) < 4.78 is 64.7. The molecule has 2 aromatic carbocycles. The van der Waals surface area contributed by atoms with E-state index < -0.39 is 46.5 Å². The number of aromatic nitrogens is 1. The van der Waals surface area contributed by atoms with Gasteiger partial charge in [0.2, 0.25) is 0 Å². The van der Waals surface area contributed by atoms with Crippen LogP contribution in [0.15, 0.2) is 41.2 Å². The van der Waals surface area contributed by atoms with E-state index in [1.54, 1.807) is 0 Å². The van der Waals surface area contributed by atoms with E-state index in [0.29, 0.717) is 5.56 Å². The lowest BCUT2D eigenvalue weighted by molar-refractivity contribution is -0.137. The third-order valence-electron chi connectivity index (χ3n) is 5.00. The Kier molecular flexibility index (Phi) is 4.87. The van der Waals surface area contributed by atoms with E-state index in [1.807, 2.05) is 0 Å². The summed E-state index contributed by atoms with van der Waals surface area (Å²) in [4.78, 5) is 25.2. The smallest absolute Gasteiger partial charge is 0.416 e. The number of carbonyl (C=O) groups is 1. The largest absolute Gasteiger partial charge is 0.506 e. The van der Waals surface area contributed by atoms with Gasteiger partial charge in [0.05, 0.1) is 24.1 Å². The van der Waals surface area contributed by atoms with Crippen molar-refractivity contribution in [2.75, 3.05) is 6.61 Å². The van der Waals surface area contributed by atoms with Crippen LogP contribution in [0.1, 0.15) is 34.5 Å². The van der Waals surface area contributed by atoms with Gasteiger partial charge in [-0.05, 0) is 36.8 Å². The maximum atomic E-state index is 14.5. The summed E-state index contributed by atoms with van der Waals surface area (Å²) in [5.41, 5.74) is -2.20. The van der Waals surface area contributed by atoms with E-state index in [1.165, 1.54) is 25.1 Å². The zero-order valence-corrected chi connectivity index (χ0v) is 16.0. The highest BCUT2D eigenvalue weighted by molar-refractivity contribution is 6.01. The number of rotatable bonds is 3. The summed E-state index contributed by atoms with van der Waals surface area (Å²) in [6.45, 7) is 1.21. The Morgan fingerprint density at radius 3 is 2.52 bits per heavy atom. The molecule has 0 bridgehead atoms. The summed E-state index contributed by atoms with van der Waals surface area (Å²) in [6, 6.07) is 6.45. The molecular weight excluding hydrogens is 422 g/mol. The van der Waals surface area contributed by atoms with E-state index >= 15 is 0 Å². The number of halogens is 4. The molecule has 1 aromatic heterocycles. The number of benzene rings is 2. The molecule has 0 radical (unpaired) electrons. The fourth-order valence-corrected chi connectivity index (χ4v) is 3.58. The van der Waals surface area contributed by atoms with Gasteiger partial charge in [-0.25, -0.2) is 9.18 Å².